The topological polar surface area (TPSA) is 40.2 Å². The number of aromatic nitrogens is 1. The third-order valence-corrected chi connectivity index (χ3v) is 3.73. The van der Waals surface area contributed by atoms with Gasteiger partial charge in [-0.2, -0.15) is 0 Å². The van der Waals surface area contributed by atoms with E-state index in [2.05, 4.69) is 30.7 Å². The van der Waals surface area contributed by atoms with Crippen molar-refractivity contribution in [2.45, 2.75) is 26.5 Å². The molecule has 0 amide bonds. The van der Waals surface area contributed by atoms with Crippen LogP contribution in [-0.4, -0.2) is 4.57 Å². The molecule has 0 radical (unpaired) electrons. The van der Waals surface area contributed by atoms with Gasteiger partial charge in [-0.15, -0.1) is 0 Å². The zero-order chi connectivity index (χ0) is 15.7. The van der Waals surface area contributed by atoms with Gasteiger partial charge in [0.1, 0.15) is 18.2 Å². The molecule has 3 rings (SSSR count). The van der Waals surface area contributed by atoms with Gasteiger partial charge in [-0.3, -0.25) is 0 Å². The number of halogens is 1. The van der Waals surface area contributed by atoms with Crippen molar-refractivity contribution in [1.82, 2.24) is 4.57 Å². The summed E-state index contributed by atoms with van der Waals surface area (Å²) >= 11 is 0. The number of hydrogen-bond donors (Lipinski definition) is 1. The summed E-state index contributed by atoms with van der Waals surface area (Å²) in [6.45, 7) is 4.66. The monoisotopic (exact) mass is 298 g/mol. The largest absolute Gasteiger partial charge is 0.489 e. The first-order valence-corrected chi connectivity index (χ1v) is 7.32. The first-order chi connectivity index (χ1) is 10.6. The lowest BCUT2D eigenvalue weighted by Crippen LogP contribution is -1.98. The van der Waals surface area contributed by atoms with Crippen molar-refractivity contribution in [3.8, 4) is 5.75 Å². The van der Waals surface area contributed by atoms with Gasteiger partial charge >= 0.3 is 0 Å². The van der Waals surface area contributed by atoms with Crippen molar-refractivity contribution >= 4 is 16.6 Å². The zero-order valence-corrected chi connectivity index (χ0v) is 12.7. The summed E-state index contributed by atoms with van der Waals surface area (Å²) in [7, 11) is 0. The van der Waals surface area contributed by atoms with Crippen LogP contribution in [0.5, 0.6) is 5.75 Å². The molecule has 0 spiro atoms. The maximum Gasteiger partial charge on any atom is 0.123 e. The molecule has 4 heteroatoms. The van der Waals surface area contributed by atoms with E-state index in [-0.39, 0.29) is 5.82 Å². The van der Waals surface area contributed by atoms with Crippen molar-refractivity contribution in [1.29, 1.82) is 0 Å². The number of nitrogens with zero attached hydrogens (tertiary/aromatic N) is 1. The fraction of sp³-hybridized carbons (Fsp3) is 0.222. The van der Waals surface area contributed by atoms with Crippen LogP contribution >= 0.6 is 0 Å². The number of rotatable bonds is 4. The van der Waals surface area contributed by atoms with Crippen LogP contribution in [0.15, 0.2) is 48.7 Å². The van der Waals surface area contributed by atoms with E-state index in [1.54, 1.807) is 12.1 Å². The van der Waals surface area contributed by atoms with E-state index in [1.165, 1.54) is 12.1 Å². The van der Waals surface area contributed by atoms with E-state index < -0.39 is 0 Å². The van der Waals surface area contributed by atoms with Crippen LogP contribution in [0.4, 0.5) is 10.1 Å². The Labute approximate surface area is 129 Å². The predicted octanol–water partition coefficient (Wildman–Crippen LogP) is 4.52. The maximum atomic E-state index is 12.9. The van der Waals surface area contributed by atoms with Crippen LogP contribution in [0.1, 0.15) is 25.5 Å². The molecule has 0 aliphatic heterocycles. The molecule has 0 saturated carbocycles. The molecule has 3 aromatic rings. The summed E-state index contributed by atoms with van der Waals surface area (Å²) in [5, 5.41) is 1.03. The van der Waals surface area contributed by atoms with Gasteiger partial charge in [0.05, 0.1) is 5.52 Å². The van der Waals surface area contributed by atoms with Gasteiger partial charge in [0.2, 0.25) is 0 Å². The smallest absolute Gasteiger partial charge is 0.123 e. The van der Waals surface area contributed by atoms with Gasteiger partial charge < -0.3 is 15.0 Å². The van der Waals surface area contributed by atoms with Crippen LogP contribution < -0.4 is 10.5 Å². The number of nitrogens with two attached hydrogens (primary N) is 1. The number of nitrogen functional groups attached to an aromatic ring is 1. The summed E-state index contributed by atoms with van der Waals surface area (Å²) in [4.78, 5) is 0. The van der Waals surface area contributed by atoms with Crippen LogP contribution in [0.3, 0.4) is 0 Å². The highest BCUT2D eigenvalue weighted by atomic mass is 19.1. The van der Waals surface area contributed by atoms with Gasteiger partial charge in [0.25, 0.3) is 0 Å². The molecule has 0 fully saturated rings. The van der Waals surface area contributed by atoms with E-state index in [0.717, 1.165) is 22.2 Å². The lowest BCUT2D eigenvalue weighted by molar-refractivity contribution is 0.306. The van der Waals surface area contributed by atoms with Crippen molar-refractivity contribution in [2.24, 2.45) is 0 Å². The van der Waals surface area contributed by atoms with Gasteiger partial charge in [0, 0.05) is 28.9 Å². The fourth-order valence-corrected chi connectivity index (χ4v) is 2.65. The average Bonchev–Trinajstić information content (AvgIpc) is 2.87. The number of benzene rings is 2. The molecular weight excluding hydrogens is 279 g/mol. The summed E-state index contributed by atoms with van der Waals surface area (Å²) < 4.78 is 20.9. The van der Waals surface area contributed by atoms with Crippen LogP contribution in [-0.2, 0) is 6.61 Å². The van der Waals surface area contributed by atoms with Crippen LogP contribution in [0, 0.1) is 5.82 Å². The Kier molecular flexibility index (Phi) is 3.75. The van der Waals surface area contributed by atoms with Crippen molar-refractivity contribution in [2.75, 3.05) is 5.73 Å². The lowest BCUT2D eigenvalue weighted by atomic mass is 10.1. The van der Waals surface area contributed by atoms with Crippen LogP contribution in [0.25, 0.3) is 10.9 Å². The average molecular weight is 298 g/mol. The number of fused-ring (bicyclic) bond motifs is 1. The second kappa shape index (κ2) is 5.72. The predicted molar refractivity (Wildman–Crippen MR) is 87.5 cm³/mol. The standard InChI is InChI=1S/C18H19FN2O/c1-12(2)21-10-13(18-16(20)4-3-5-17(18)21)11-22-15-8-6-14(19)7-9-15/h3-10,12H,11,20H2,1-2H3. The minimum atomic E-state index is -0.270. The maximum absolute atomic E-state index is 12.9. The molecule has 2 N–H and O–H groups in total. The molecule has 3 nitrogen and oxygen atoms in total. The highest BCUT2D eigenvalue weighted by Crippen LogP contribution is 2.30. The molecular formula is C18H19FN2O. The van der Waals surface area contributed by atoms with Gasteiger partial charge in [-0.05, 0) is 50.2 Å². The van der Waals surface area contributed by atoms with E-state index in [1.807, 2.05) is 12.1 Å². The van der Waals surface area contributed by atoms with Crippen LogP contribution in [0.2, 0.25) is 0 Å². The molecule has 0 atom stereocenters. The number of anilines is 1. The number of hydrogen-bond acceptors (Lipinski definition) is 2. The quantitative estimate of drug-likeness (QED) is 0.719. The van der Waals surface area contributed by atoms with E-state index in [4.69, 9.17) is 10.5 Å². The summed E-state index contributed by atoms with van der Waals surface area (Å²) in [6.07, 6.45) is 2.08. The summed E-state index contributed by atoms with van der Waals surface area (Å²) in [5.74, 6) is 0.370. The molecule has 2 aromatic carbocycles. The summed E-state index contributed by atoms with van der Waals surface area (Å²) in [5.41, 5.74) is 9.02. The summed E-state index contributed by atoms with van der Waals surface area (Å²) in [6, 6.07) is 12.3. The normalized spacial score (nSPS) is 11.3. The van der Waals surface area contributed by atoms with E-state index in [0.29, 0.717) is 18.4 Å². The molecule has 1 heterocycles. The zero-order valence-electron chi connectivity index (χ0n) is 12.7. The third kappa shape index (κ3) is 2.64. The molecule has 114 valence electrons. The SMILES string of the molecule is CC(C)n1cc(COc2ccc(F)cc2)c2c(N)cccc21. The fourth-order valence-electron chi connectivity index (χ4n) is 2.65. The number of ether oxygens (including phenoxy) is 1. The lowest BCUT2D eigenvalue weighted by Gasteiger charge is -2.08. The molecule has 22 heavy (non-hydrogen) atoms. The molecule has 0 bridgehead atoms. The van der Waals surface area contributed by atoms with Crippen molar-refractivity contribution < 1.29 is 9.13 Å². The Hall–Kier alpha value is -2.49. The molecule has 0 saturated heterocycles. The Balaban J connectivity index is 1.94. The molecule has 0 aliphatic rings. The minimum absolute atomic E-state index is 0.270. The first-order valence-electron chi connectivity index (χ1n) is 7.32. The van der Waals surface area contributed by atoms with Gasteiger partial charge in [-0.25, -0.2) is 4.39 Å². The van der Waals surface area contributed by atoms with Crippen molar-refractivity contribution in [3.63, 3.8) is 0 Å². The molecule has 0 unspecified atom stereocenters. The van der Waals surface area contributed by atoms with Crippen molar-refractivity contribution in [3.05, 3.63) is 60.0 Å². The molecule has 0 aliphatic carbocycles. The van der Waals surface area contributed by atoms with Gasteiger partial charge in [-0.1, -0.05) is 6.07 Å². The van der Waals surface area contributed by atoms with E-state index in [9.17, 15) is 4.39 Å². The Morgan fingerprint density at radius 2 is 1.86 bits per heavy atom. The second-order valence-corrected chi connectivity index (χ2v) is 5.64. The molecule has 1 aromatic heterocycles. The highest BCUT2D eigenvalue weighted by Gasteiger charge is 2.13. The van der Waals surface area contributed by atoms with E-state index >= 15 is 0 Å². The van der Waals surface area contributed by atoms with Gasteiger partial charge in [0.15, 0.2) is 0 Å². The minimum Gasteiger partial charge on any atom is -0.489 e. The third-order valence-electron chi connectivity index (χ3n) is 3.73. The Morgan fingerprint density at radius 1 is 1.14 bits per heavy atom. The second-order valence-electron chi connectivity index (χ2n) is 5.64. The Morgan fingerprint density at radius 3 is 2.55 bits per heavy atom. The highest BCUT2D eigenvalue weighted by molar-refractivity contribution is 5.94. The Bertz CT molecular complexity index is 791. The first kappa shape index (κ1) is 14.4.